The zero-order valence-corrected chi connectivity index (χ0v) is 16.1. The molecule has 1 atom stereocenters. The topological polar surface area (TPSA) is 73.4 Å². The maximum absolute atomic E-state index is 12.6. The van der Waals surface area contributed by atoms with Crippen LogP contribution in [0.4, 0.5) is 4.79 Å². The first-order valence-electron chi connectivity index (χ1n) is 9.08. The highest BCUT2D eigenvalue weighted by Gasteiger charge is 2.42. The molecule has 0 radical (unpaired) electrons. The molecule has 2 fully saturated rings. The van der Waals surface area contributed by atoms with Crippen LogP contribution in [-0.4, -0.2) is 90.9 Å². The lowest BCUT2D eigenvalue weighted by Crippen LogP contribution is -2.49. The SMILES string of the molecule is COc1cccc(CN2CCN(C(=O)C[C@@H]3C(=O)N(C)C(=O)N3C)CC2)c1. The Bertz CT molecular complexity index is 730. The third kappa shape index (κ3) is 4.05. The van der Waals surface area contributed by atoms with Gasteiger partial charge in [-0.05, 0) is 17.7 Å². The maximum Gasteiger partial charge on any atom is 0.326 e. The Morgan fingerprint density at radius 1 is 1.15 bits per heavy atom. The van der Waals surface area contributed by atoms with E-state index in [1.54, 1.807) is 19.1 Å². The average molecular weight is 374 g/mol. The Kier molecular flexibility index (Phi) is 5.65. The van der Waals surface area contributed by atoms with E-state index in [2.05, 4.69) is 11.0 Å². The molecule has 0 N–H and O–H groups in total. The van der Waals surface area contributed by atoms with Gasteiger partial charge in [-0.15, -0.1) is 0 Å². The predicted octanol–water partition coefficient (Wildman–Crippen LogP) is 0.622. The molecule has 0 unspecified atom stereocenters. The van der Waals surface area contributed by atoms with E-state index >= 15 is 0 Å². The fourth-order valence-corrected chi connectivity index (χ4v) is 3.56. The molecule has 3 rings (SSSR count). The summed E-state index contributed by atoms with van der Waals surface area (Å²) in [5, 5.41) is 0. The molecule has 0 spiro atoms. The van der Waals surface area contributed by atoms with Gasteiger partial charge in [0.2, 0.25) is 5.91 Å². The van der Waals surface area contributed by atoms with Gasteiger partial charge < -0.3 is 14.5 Å². The Morgan fingerprint density at radius 3 is 2.44 bits per heavy atom. The third-order valence-electron chi connectivity index (χ3n) is 5.31. The van der Waals surface area contributed by atoms with Crippen LogP contribution < -0.4 is 4.74 Å². The summed E-state index contributed by atoms with van der Waals surface area (Å²) in [5.74, 6) is 0.447. The first-order valence-corrected chi connectivity index (χ1v) is 9.08. The Balaban J connectivity index is 1.51. The normalized spacial score (nSPS) is 21.1. The fraction of sp³-hybridized carbons (Fsp3) is 0.526. The highest BCUT2D eigenvalue weighted by molar-refractivity contribution is 6.05. The molecular weight excluding hydrogens is 348 g/mol. The molecule has 2 saturated heterocycles. The summed E-state index contributed by atoms with van der Waals surface area (Å²) in [6.45, 7) is 3.60. The van der Waals surface area contributed by atoms with Gasteiger partial charge in [0.05, 0.1) is 13.5 Å². The average Bonchev–Trinajstić information content (AvgIpc) is 2.86. The highest BCUT2D eigenvalue weighted by Crippen LogP contribution is 2.19. The molecule has 0 bridgehead atoms. The van der Waals surface area contributed by atoms with Crippen LogP contribution in [0.25, 0.3) is 0 Å². The van der Waals surface area contributed by atoms with Gasteiger partial charge in [0.25, 0.3) is 5.91 Å². The van der Waals surface area contributed by atoms with Gasteiger partial charge >= 0.3 is 6.03 Å². The smallest absolute Gasteiger partial charge is 0.326 e. The highest BCUT2D eigenvalue weighted by atomic mass is 16.5. The summed E-state index contributed by atoms with van der Waals surface area (Å²) in [5.41, 5.74) is 1.17. The largest absolute Gasteiger partial charge is 0.497 e. The Labute approximate surface area is 159 Å². The Morgan fingerprint density at radius 2 is 1.85 bits per heavy atom. The van der Waals surface area contributed by atoms with E-state index < -0.39 is 6.04 Å². The first-order chi connectivity index (χ1) is 12.9. The van der Waals surface area contributed by atoms with Crippen molar-refractivity contribution in [3.05, 3.63) is 29.8 Å². The number of methoxy groups -OCH3 is 1. The molecule has 2 aliphatic rings. The second-order valence-electron chi connectivity index (χ2n) is 7.02. The second kappa shape index (κ2) is 7.96. The van der Waals surface area contributed by atoms with Crippen molar-refractivity contribution in [3.63, 3.8) is 0 Å². The van der Waals surface area contributed by atoms with Gasteiger partial charge in [-0.1, -0.05) is 12.1 Å². The van der Waals surface area contributed by atoms with Crippen molar-refractivity contribution in [2.75, 3.05) is 47.4 Å². The number of rotatable bonds is 5. The quantitative estimate of drug-likeness (QED) is 0.707. The fourth-order valence-electron chi connectivity index (χ4n) is 3.56. The molecule has 8 nitrogen and oxygen atoms in total. The number of nitrogens with zero attached hydrogens (tertiary/aromatic N) is 4. The number of benzene rings is 1. The van der Waals surface area contributed by atoms with Crippen LogP contribution in [0.3, 0.4) is 0 Å². The van der Waals surface area contributed by atoms with Crippen molar-refractivity contribution < 1.29 is 19.1 Å². The molecule has 1 aromatic rings. The molecule has 0 aromatic heterocycles. The van der Waals surface area contributed by atoms with Gasteiger partial charge in [-0.25, -0.2) is 4.79 Å². The number of hydrogen-bond donors (Lipinski definition) is 0. The van der Waals surface area contributed by atoms with Gasteiger partial charge in [-0.3, -0.25) is 19.4 Å². The van der Waals surface area contributed by atoms with Crippen LogP contribution in [-0.2, 0) is 16.1 Å². The number of carbonyl (C=O) groups is 3. The predicted molar refractivity (Wildman–Crippen MR) is 99.2 cm³/mol. The van der Waals surface area contributed by atoms with E-state index in [1.807, 2.05) is 18.2 Å². The minimum atomic E-state index is -0.690. The molecule has 4 amide bonds. The number of ether oxygens (including phenoxy) is 1. The Hall–Kier alpha value is -2.61. The number of carbonyl (C=O) groups excluding carboxylic acids is 3. The van der Waals surface area contributed by atoms with Crippen LogP contribution in [0.2, 0.25) is 0 Å². The summed E-state index contributed by atoms with van der Waals surface area (Å²) >= 11 is 0. The van der Waals surface area contributed by atoms with E-state index in [0.29, 0.717) is 13.1 Å². The van der Waals surface area contributed by atoms with Crippen molar-refractivity contribution >= 4 is 17.8 Å². The number of imide groups is 1. The lowest BCUT2D eigenvalue weighted by atomic mass is 10.1. The van der Waals surface area contributed by atoms with Gasteiger partial charge in [0.1, 0.15) is 11.8 Å². The molecule has 1 aromatic carbocycles. The number of urea groups is 1. The van der Waals surface area contributed by atoms with Gasteiger partial charge in [0.15, 0.2) is 0 Å². The van der Waals surface area contributed by atoms with Gasteiger partial charge in [0, 0.05) is 46.8 Å². The van der Waals surface area contributed by atoms with E-state index in [-0.39, 0.29) is 24.3 Å². The maximum atomic E-state index is 12.6. The zero-order valence-electron chi connectivity index (χ0n) is 16.1. The van der Waals surface area contributed by atoms with Crippen molar-refractivity contribution in [1.29, 1.82) is 0 Å². The van der Waals surface area contributed by atoms with Crippen LogP contribution in [0.5, 0.6) is 5.75 Å². The lowest BCUT2D eigenvalue weighted by Gasteiger charge is -2.35. The number of likely N-dealkylation sites (N-methyl/N-ethyl adjacent to an activating group) is 2. The minimum Gasteiger partial charge on any atom is -0.497 e. The van der Waals surface area contributed by atoms with Crippen molar-refractivity contribution in [3.8, 4) is 5.75 Å². The summed E-state index contributed by atoms with van der Waals surface area (Å²) in [4.78, 5) is 43.0. The summed E-state index contributed by atoms with van der Waals surface area (Å²) in [6, 6.07) is 6.93. The number of piperazine rings is 1. The minimum absolute atomic E-state index is 0.0430. The van der Waals surface area contributed by atoms with E-state index in [9.17, 15) is 14.4 Å². The standard InChI is InChI=1S/C19H26N4O4/c1-20-16(18(25)21(2)19(20)26)12-17(24)23-9-7-22(8-10-23)13-14-5-4-6-15(11-14)27-3/h4-6,11,16H,7-10,12-13H2,1-3H3/t16-/m1/s1. The molecule has 146 valence electrons. The van der Waals surface area contributed by atoms with E-state index in [4.69, 9.17) is 4.74 Å². The van der Waals surface area contributed by atoms with Crippen LogP contribution in [0.15, 0.2) is 24.3 Å². The second-order valence-corrected chi connectivity index (χ2v) is 7.02. The number of amides is 4. The first kappa shape index (κ1) is 19.2. The van der Waals surface area contributed by atoms with Crippen LogP contribution in [0, 0.1) is 0 Å². The third-order valence-corrected chi connectivity index (χ3v) is 5.31. The van der Waals surface area contributed by atoms with Crippen molar-refractivity contribution in [2.24, 2.45) is 0 Å². The zero-order chi connectivity index (χ0) is 19.6. The van der Waals surface area contributed by atoms with Crippen molar-refractivity contribution in [1.82, 2.24) is 19.6 Å². The summed E-state index contributed by atoms with van der Waals surface area (Å²) < 4.78 is 5.26. The molecule has 0 saturated carbocycles. The van der Waals surface area contributed by atoms with Crippen LogP contribution in [0.1, 0.15) is 12.0 Å². The molecular formula is C19H26N4O4. The van der Waals surface area contributed by atoms with E-state index in [0.717, 1.165) is 30.3 Å². The molecule has 8 heteroatoms. The molecule has 2 heterocycles. The summed E-state index contributed by atoms with van der Waals surface area (Å²) in [7, 11) is 4.66. The van der Waals surface area contributed by atoms with E-state index in [1.165, 1.54) is 17.5 Å². The number of hydrogen-bond acceptors (Lipinski definition) is 5. The lowest BCUT2D eigenvalue weighted by molar-refractivity contribution is -0.137. The van der Waals surface area contributed by atoms with Gasteiger partial charge in [-0.2, -0.15) is 0 Å². The molecule has 27 heavy (non-hydrogen) atoms. The molecule has 2 aliphatic heterocycles. The monoisotopic (exact) mass is 374 g/mol. The molecule has 0 aliphatic carbocycles. The van der Waals surface area contributed by atoms with Crippen molar-refractivity contribution in [2.45, 2.75) is 19.0 Å². The summed E-state index contributed by atoms with van der Waals surface area (Å²) in [6.07, 6.45) is 0.0430. The van der Waals surface area contributed by atoms with Crippen LogP contribution >= 0.6 is 0 Å².